The van der Waals surface area contributed by atoms with Gasteiger partial charge in [-0.25, -0.2) is 8.42 Å². The Kier molecular flexibility index (Phi) is 4.48. The summed E-state index contributed by atoms with van der Waals surface area (Å²) in [5.41, 5.74) is 5.55. The van der Waals surface area contributed by atoms with E-state index in [1.807, 2.05) is 0 Å². The number of hydrogen-bond acceptors (Lipinski definition) is 4. The van der Waals surface area contributed by atoms with E-state index in [1.54, 1.807) is 10.4 Å². The molecule has 0 aromatic carbocycles. The first-order valence-electron chi connectivity index (χ1n) is 5.93. The van der Waals surface area contributed by atoms with Crippen molar-refractivity contribution in [2.45, 2.75) is 31.2 Å². The van der Waals surface area contributed by atoms with Crippen LogP contribution in [0.4, 0.5) is 0 Å². The molecule has 0 spiro atoms. The summed E-state index contributed by atoms with van der Waals surface area (Å²) in [6.07, 6.45) is 1.87. The van der Waals surface area contributed by atoms with Crippen LogP contribution in [0.1, 0.15) is 24.6 Å². The van der Waals surface area contributed by atoms with Crippen molar-refractivity contribution in [2.75, 3.05) is 13.1 Å². The molecule has 1 fully saturated rings. The van der Waals surface area contributed by atoms with E-state index in [4.69, 9.17) is 5.73 Å². The Morgan fingerprint density at radius 2 is 2.11 bits per heavy atom. The van der Waals surface area contributed by atoms with Crippen LogP contribution in [0.15, 0.2) is 14.7 Å². The molecule has 7 heteroatoms. The standard InChI is InChI=1S/C11H17BrN2O2S2/c1-8-2-4-14(5-3-8)18(15,16)10-6-9(7-13)17-11(10)12/h6,8H,2-5,7,13H2,1H3. The molecule has 0 bridgehead atoms. The van der Waals surface area contributed by atoms with Gasteiger partial charge in [-0.2, -0.15) is 4.31 Å². The molecule has 18 heavy (non-hydrogen) atoms. The highest BCUT2D eigenvalue weighted by Gasteiger charge is 2.30. The minimum Gasteiger partial charge on any atom is -0.326 e. The van der Waals surface area contributed by atoms with E-state index >= 15 is 0 Å². The highest BCUT2D eigenvalue weighted by atomic mass is 79.9. The molecule has 1 saturated heterocycles. The van der Waals surface area contributed by atoms with Crippen molar-refractivity contribution in [2.24, 2.45) is 11.7 Å². The molecule has 1 aliphatic rings. The van der Waals surface area contributed by atoms with Gasteiger partial charge in [-0.3, -0.25) is 0 Å². The molecule has 2 N–H and O–H groups in total. The molecule has 1 aromatic rings. The number of thiophene rings is 1. The molecule has 4 nitrogen and oxygen atoms in total. The minimum absolute atomic E-state index is 0.363. The van der Waals surface area contributed by atoms with Crippen LogP contribution in [0.25, 0.3) is 0 Å². The molecule has 0 amide bonds. The summed E-state index contributed by atoms with van der Waals surface area (Å²) < 4.78 is 27.2. The zero-order valence-electron chi connectivity index (χ0n) is 10.2. The van der Waals surface area contributed by atoms with Gasteiger partial charge in [-0.05, 0) is 40.8 Å². The molecule has 2 rings (SSSR count). The third-order valence-electron chi connectivity index (χ3n) is 3.27. The zero-order chi connectivity index (χ0) is 13.3. The van der Waals surface area contributed by atoms with Gasteiger partial charge in [0.05, 0.1) is 3.79 Å². The second kappa shape index (κ2) is 5.58. The van der Waals surface area contributed by atoms with E-state index in [0.717, 1.165) is 17.7 Å². The van der Waals surface area contributed by atoms with E-state index in [2.05, 4.69) is 22.9 Å². The topological polar surface area (TPSA) is 63.4 Å². The van der Waals surface area contributed by atoms with Crippen molar-refractivity contribution >= 4 is 37.3 Å². The van der Waals surface area contributed by atoms with Gasteiger partial charge in [-0.1, -0.05) is 6.92 Å². The van der Waals surface area contributed by atoms with Crippen LogP contribution in [-0.2, 0) is 16.6 Å². The Balaban J connectivity index is 2.27. The molecule has 0 saturated carbocycles. The maximum atomic E-state index is 12.5. The number of rotatable bonds is 3. The number of nitrogens with zero attached hydrogens (tertiary/aromatic N) is 1. The average molecular weight is 353 g/mol. The zero-order valence-corrected chi connectivity index (χ0v) is 13.4. The molecule has 1 aliphatic heterocycles. The number of nitrogens with two attached hydrogens (primary N) is 1. The summed E-state index contributed by atoms with van der Waals surface area (Å²) in [4.78, 5) is 1.24. The van der Waals surface area contributed by atoms with Crippen LogP contribution in [-0.4, -0.2) is 25.8 Å². The van der Waals surface area contributed by atoms with Crippen molar-refractivity contribution in [3.63, 3.8) is 0 Å². The lowest BCUT2D eigenvalue weighted by Gasteiger charge is -2.29. The number of halogens is 1. The van der Waals surface area contributed by atoms with Gasteiger partial charge < -0.3 is 5.73 Å². The van der Waals surface area contributed by atoms with Crippen LogP contribution in [0.5, 0.6) is 0 Å². The first-order valence-corrected chi connectivity index (χ1v) is 8.98. The van der Waals surface area contributed by atoms with Crippen LogP contribution in [0, 0.1) is 5.92 Å². The maximum absolute atomic E-state index is 12.5. The van der Waals surface area contributed by atoms with E-state index in [-0.39, 0.29) is 0 Å². The number of sulfonamides is 1. The van der Waals surface area contributed by atoms with Crippen LogP contribution < -0.4 is 5.73 Å². The highest BCUT2D eigenvalue weighted by Crippen LogP contribution is 2.34. The van der Waals surface area contributed by atoms with Crippen molar-refractivity contribution in [3.8, 4) is 0 Å². The molecule has 0 radical (unpaired) electrons. The fourth-order valence-corrected chi connectivity index (χ4v) is 6.02. The Labute approximate surface area is 120 Å². The summed E-state index contributed by atoms with van der Waals surface area (Å²) in [6, 6.07) is 1.68. The third kappa shape index (κ3) is 2.80. The molecule has 0 atom stereocenters. The third-order valence-corrected chi connectivity index (χ3v) is 7.44. The Hall–Kier alpha value is 0.0500. The largest absolute Gasteiger partial charge is 0.326 e. The van der Waals surface area contributed by atoms with Crippen molar-refractivity contribution < 1.29 is 8.42 Å². The minimum atomic E-state index is -3.36. The maximum Gasteiger partial charge on any atom is 0.245 e. The lowest BCUT2D eigenvalue weighted by molar-refractivity contribution is 0.288. The van der Waals surface area contributed by atoms with E-state index in [1.165, 1.54) is 11.3 Å². The molecule has 1 aromatic heterocycles. The SMILES string of the molecule is CC1CCN(S(=O)(=O)c2cc(CN)sc2Br)CC1. The summed E-state index contributed by atoms with van der Waals surface area (Å²) in [7, 11) is -3.36. The Morgan fingerprint density at radius 3 is 2.61 bits per heavy atom. The van der Waals surface area contributed by atoms with Gasteiger partial charge >= 0.3 is 0 Å². The molecular weight excluding hydrogens is 336 g/mol. The van der Waals surface area contributed by atoms with E-state index < -0.39 is 10.0 Å². The number of piperidine rings is 1. The first-order chi connectivity index (χ1) is 8.45. The fraction of sp³-hybridized carbons (Fsp3) is 0.636. The van der Waals surface area contributed by atoms with Gasteiger partial charge in [0.1, 0.15) is 4.90 Å². The first kappa shape index (κ1) is 14.5. The fourth-order valence-electron chi connectivity index (χ4n) is 2.04. The predicted octanol–water partition coefficient (Wildman–Crippen LogP) is 2.39. The molecule has 0 aliphatic carbocycles. The smallest absolute Gasteiger partial charge is 0.245 e. The van der Waals surface area contributed by atoms with Crippen LogP contribution >= 0.6 is 27.3 Å². The highest BCUT2D eigenvalue weighted by molar-refractivity contribution is 9.11. The summed E-state index contributed by atoms with van der Waals surface area (Å²) >= 11 is 4.72. The van der Waals surface area contributed by atoms with Gasteiger partial charge in [0, 0.05) is 24.5 Å². The summed E-state index contributed by atoms with van der Waals surface area (Å²) in [6.45, 7) is 3.76. The Bertz CT molecular complexity index is 519. The Morgan fingerprint density at radius 1 is 1.50 bits per heavy atom. The van der Waals surface area contributed by atoms with Gasteiger partial charge in [-0.15, -0.1) is 11.3 Å². The predicted molar refractivity (Wildman–Crippen MR) is 77.1 cm³/mol. The van der Waals surface area contributed by atoms with Crippen molar-refractivity contribution in [3.05, 3.63) is 14.7 Å². The second-order valence-electron chi connectivity index (χ2n) is 4.64. The molecule has 0 unspecified atom stereocenters. The monoisotopic (exact) mass is 352 g/mol. The van der Waals surface area contributed by atoms with Crippen molar-refractivity contribution in [1.29, 1.82) is 0 Å². The molecule has 2 heterocycles. The quantitative estimate of drug-likeness (QED) is 0.908. The second-order valence-corrected chi connectivity index (χ2v) is 9.00. The van der Waals surface area contributed by atoms with Crippen LogP contribution in [0.3, 0.4) is 0 Å². The lowest BCUT2D eigenvalue weighted by atomic mass is 10.0. The molecular formula is C11H17BrN2O2S2. The van der Waals surface area contributed by atoms with Gasteiger partial charge in [0.2, 0.25) is 10.0 Å². The number of hydrogen-bond donors (Lipinski definition) is 1. The molecule has 102 valence electrons. The normalized spacial score (nSPS) is 19.3. The van der Waals surface area contributed by atoms with E-state index in [9.17, 15) is 8.42 Å². The summed E-state index contributed by atoms with van der Waals surface area (Å²) in [5, 5.41) is 0. The van der Waals surface area contributed by atoms with Crippen LogP contribution in [0.2, 0.25) is 0 Å². The van der Waals surface area contributed by atoms with Gasteiger partial charge in [0.15, 0.2) is 0 Å². The van der Waals surface area contributed by atoms with Gasteiger partial charge in [0.25, 0.3) is 0 Å². The average Bonchev–Trinajstić information content (AvgIpc) is 2.72. The van der Waals surface area contributed by atoms with Crippen molar-refractivity contribution in [1.82, 2.24) is 4.31 Å². The summed E-state index contributed by atoms with van der Waals surface area (Å²) in [5.74, 6) is 0.613. The van der Waals surface area contributed by atoms with E-state index in [0.29, 0.717) is 34.2 Å². The lowest BCUT2D eigenvalue weighted by Crippen LogP contribution is -2.37.